The van der Waals surface area contributed by atoms with Crippen LogP contribution in [0.15, 0.2) is 18.2 Å². The van der Waals surface area contributed by atoms with Crippen LogP contribution >= 0.6 is 15.9 Å². The van der Waals surface area contributed by atoms with Crippen LogP contribution in [0.3, 0.4) is 0 Å². The van der Waals surface area contributed by atoms with Crippen molar-refractivity contribution in [3.8, 4) is 5.75 Å². The van der Waals surface area contributed by atoms with Crippen molar-refractivity contribution in [3.63, 3.8) is 0 Å². The van der Waals surface area contributed by atoms with Crippen LogP contribution < -0.4 is 10.1 Å². The first-order valence-corrected chi connectivity index (χ1v) is 5.12. The Morgan fingerprint density at radius 3 is 2.79 bits per heavy atom. The average Bonchev–Trinajstić information content (AvgIpc) is 2.09. The Morgan fingerprint density at radius 2 is 2.29 bits per heavy atom. The third-order valence-corrected chi connectivity index (χ3v) is 1.92. The smallest absolute Gasteiger partial charge is 0.291 e. The van der Waals surface area contributed by atoms with Crippen LogP contribution in [0.5, 0.6) is 5.75 Å². The normalized spacial score (nSPS) is 9.64. The molecule has 0 atom stereocenters. The number of amides is 1. The monoisotopic (exact) mass is 257 g/mol. The second kappa shape index (κ2) is 5.00. The van der Waals surface area contributed by atoms with Gasteiger partial charge in [-0.25, -0.2) is 0 Å². The SMILES string of the molecule is CCOc1ccc(NC(=O)Br)cc1C. The number of aryl methyl sites for hydroxylation is 1. The number of hydrogen-bond acceptors (Lipinski definition) is 2. The van der Waals surface area contributed by atoms with Gasteiger partial charge in [0.05, 0.1) is 6.61 Å². The zero-order chi connectivity index (χ0) is 10.6. The number of halogens is 1. The van der Waals surface area contributed by atoms with E-state index in [0.717, 1.165) is 17.0 Å². The lowest BCUT2D eigenvalue weighted by molar-refractivity contribution is 0.270. The molecule has 0 saturated carbocycles. The molecule has 1 aromatic rings. The van der Waals surface area contributed by atoms with Gasteiger partial charge in [-0.05, 0) is 37.6 Å². The first-order chi connectivity index (χ1) is 6.63. The predicted molar refractivity (Wildman–Crippen MR) is 60.3 cm³/mol. The molecule has 0 aliphatic heterocycles. The molecule has 0 aliphatic rings. The van der Waals surface area contributed by atoms with E-state index in [-0.39, 0.29) is 4.82 Å². The fraction of sp³-hybridized carbons (Fsp3) is 0.300. The zero-order valence-electron chi connectivity index (χ0n) is 8.13. The molecule has 1 aromatic carbocycles. The molecule has 0 spiro atoms. The first kappa shape index (κ1) is 11.0. The van der Waals surface area contributed by atoms with E-state index in [1.54, 1.807) is 6.07 Å². The Balaban J connectivity index is 2.83. The third-order valence-electron chi connectivity index (χ3n) is 1.72. The van der Waals surface area contributed by atoms with E-state index >= 15 is 0 Å². The topological polar surface area (TPSA) is 38.3 Å². The number of carbonyl (C=O) groups is 1. The van der Waals surface area contributed by atoms with Crippen LogP contribution in [0.2, 0.25) is 0 Å². The van der Waals surface area contributed by atoms with E-state index in [0.29, 0.717) is 6.61 Å². The van der Waals surface area contributed by atoms with Crippen molar-refractivity contribution in [1.82, 2.24) is 0 Å². The summed E-state index contributed by atoms with van der Waals surface area (Å²) in [6.07, 6.45) is 0. The second-order valence-corrected chi connectivity index (χ2v) is 3.53. The van der Waals surface area contributed by atoms with Gasteiger partial charge in [-0.15, -0.1) is 0 Å². The van der Waals surface area contributed by atoms with Crippen molar-refractivity contribution in [2.75, 3.05) is 11.9 Å². The standard InChI is InChI=1S/C10H12BrNO2/c1-3-14-9-5-4-8(6-7(9)2)12-10(11)13/h4-6H,3H2,1-2H3,(H,12,13). The van der Waals surface area contributed by atoms with Gasteiger partial charge in [0.2, 0.25) is 0 Å². The van der Waals surface area contributed by atoms with Crippen LogP contribution in [-0.2, 0) is 0 Å². The van der Waals surface area contributed by atoms with Gasteiger partial charge in [0.25, 0.3) is 4.82 Å². The molecule has 0 unspecified atom stereocenters. The number of nitrogens with one attached hydrogen (secondary N) is 1. The molecule has 0 fully saturated rings. The number of carbonyl (C=O) groups excluding carboxylic acids is 1. The number of benzene rings is 1. The summed E-state index contributed by atoms with van der Waals surface area (Å²) in [4.78, 5) is 10.5. The fourth-order valence-corrected chi connectivity index (χ4v) is 1.39. The van der Waals surface area contributed by atoms with Gasteiger partial charge < -0.3 is 10.1 Å². The quantitative estimate of drug-likeness (QED) is 0.667. The molecule has 1 amide bonds. The minimum absolute atomic E-state index is 0.249. The summed E-state index contributed by atoms with van der Waals surface area (Å²) in [5.41, 5.74) is 1.76. The molecule has 14 heavy (non-hydrogen) atoms. The lowest BCUT2D eigenvalue weighted by Crippen LogP contribution is -2.01. The number of rotatable bonds is 3. The van der Waals surface area contributed by atoms with Crippen molar-refractivity contribution < 1.29 is 9.53 Å². The van der Waals surface area contributed by atoms with Crippen molar-refractivity contribution >= 4 is 26.4 Å². The second-order valence-electron chi connectivity index (χ2n) is 2.81. The first-order valence-electron chi connectivity index (χ1n) is 4.33. The highest BCUT2D eigenvalue weighted by atomic mass is 79.9. The van der Waals surface area contributed by atoms with Crippen LogP contribution in [0.25, 0.3) is 0 Å². The van der Waals surface area contributed by atoms with E-state index in [2.05, 4.69) is 21.2 Å². The lowest BCUT2D eigenvalue weighted by Gasteiger charge is -2.08. The molecule has 3 nitrogen and oxygen atoms in total. The number of anilines is 1. The maximum absolute atomic E-state index is 10.7. The highest BCUT2D eigenvalue weighted by Gasteiger charge is 2.01. The molecule has 0 heterocycles. The Labute approximate surface area is 91.6 Å². The van der Waals surface area contributed by atoms with Gasteiger partial charge in [0.1, 0.15) is 5.75 Å². The van der Waals surface area contributed by atoms with Gasteiger partial charge in [-0.2, -0.15) is 0 Å². The molecule has 0 bridgehead atoms. The van der Waals surface area contributed by atoms with E-state index in [1.807, 2.05) is 26.0 Å². The van der Waals surface area contributed by atoms with Crippen molar-refractivity contribution in [2.24, 2.45) is 0 Å². The van der Waals surface area contributed by atoms with Crippen LogP contribution in [0.4, 0.5) is 10.5 Å². The maximum atomic E-state index is 10.7. The Morgan fingerprint density at radius 1 is 1.57 bits per heavy atom. The Kier molecular flexibility index (Phi) is 3.95. The number of hydrogen-bond donors (Lipinski definition) is 1. The molecular weight excluding hydrogens is 246 g/mol. The zero-order valence-corrected chi connectivity index (χ0v) is 9.72. The summed E-state index contributed by atoms with van der Waals surface area (Å²) in [5.74, 6) is 0.847. The minimum Gasteiger partial charge on any atom is -0.494 e. The molecule has 76 valence electrons. The summed E-state index contributed by atoms with van der Waals surface area (Å²) in [6, 6.07) is 5.51. The molecule has 0 radical (unpaired) electrons. The van der Waals surface area contributed by atoms with E-state index < -0.39 is 0 Å². The maximum Gasteiger partial charge on any atom is 0.291 e. The summed E-state index contributed by atoms with van der Waals surface area (Å²) in [6.45, 7) is 4.52. The molecule has 4 heteroatoms. The van der Waals surface area contributed by atoms with E-state index in [4.69, 9.17) is 4.74 Å². The summed E-state index contributed by atoms with van der Waals surface area (Å²) < 4.78 is 5.37. The lowest BCUT2D eigenvalue weighted by atomic mass is 10.2. The molecule has 1 rings (SSSR count). The largest absolute Gasteiger partial charge is 0.494 e. The molecule has 1 N–H and O–H groups in total. The van der Waals surface area contributed by atoms with Gasteiger partial charge in [0.15, 0.2) is 0 Å². The third kappa shape index (κ3) is 3.03. The fourth-order valence-electron chi connectivity index (χ4n) is 1.16. The van der Waals surface area contributed by atoms with Crippen LogP contribution in [0.1, 0.15) is 12.5 Å². The highest BCUT2D eigenvalue weighted by molar-refractivity contribution is 9.18. The Hall–Kier alpha value is -1.03. The summed E-state index contributed by atoms with van der Waals surface area (Å²) >= 11 is 2.80. The van der Waals surface area contributed by atoms with E-state index in [1.165, 1.54) is 0 Å². The van der Waals surface area contributed by atoms with Crippen molar-refractivity contribution in [3.05, 3.63) is 23.8 Å². The summed E-state index contributed by atoms with van der Waals surface area (Å²) in [5, 5.41) is 2.64. The predicted octanol–water partition coefficient (Wildman–Crippen LogP) is 3.32. The van der Waals surface area contributed by atoms with Gasteiger partial charge in [0, 0.05) is 21.6 Å². The van der Waals surface area contributed by atoms with Gasteiger partial charge in [-0.3, -0.25) is 4.79 Å². The molecule has 0 aromatic heterocycles. The highest BCUT2D eigenvalue weighted by Crippen LogP contribution is 2.22. The van der Waals surface area contributed by atoms with Crippen LogP contribution in [-0.4, -0.2) is 11.4 Å². The number of ether oxygens (including phenoxy) is 1. The molecule has 0 aliphatic carbocycles. The Bertz CT molecular complexity index is 339. The average molecular weight is 258 g/mol. The van der Waals surface area contributed by atoms with Crippen molar-refractivity contribution in [1.29, 1.82) is 0 Å². The van der Waals surface area contributed by atoms with E-state index in [9.17, 15) is 4.79 Å². The van der Waals surface area contributed by atoms with Crippen LogP contribution in [0, 0.1) is 6.92 Å². The summed E-state index contributed by atoms with van der Waals surface area (Å²) in [7, 11) is 0. The minimum atomic E-state index is -0.249. The van der Waals surface area contributed by atoms with Gasteiger partial charge in [-0.1, -0.05) is 0 Å². The molecule has 0 saturated heterocycles. The molecular formula is C10H12BrNO2. The van der Waals surface area contributed by atoms with Gasteiger partial charge >= 0.3 is 0 Å². The van der Waals surface area contributed by atoms with Crippen molar-refractivity contribution in [2.45, 2.75) is 13.8 Å².